The van der Waals surface area contributed by atoms with E-state index in [1.807, 2.05) is 0 Å². The average Bonchev–Trinajstić information content (AvgIpc) is 2.47. The summed E-state index contributed by atoms with van der Waals surface area (Å²) >= 11 is 30.3. The van der Waals surface area contributed by atoms with Crippen LogP contribution in [-0.2, 0) is 9.47 Å². The van der Waals surface area contributed by atoms with Crippen LogP contribution in [0.25, 0.3) is 0 Å². The largest absolute Gasteiger partial charge is 0.376 e. The Labute approximate surface area is 118 Å². The van der Waals surface area contributed by atoms with Crippen molar-refractivity contribution in [1.82, 2.24) is 0 Å². The van der Waals surface area contributed by atoms with E-state index >= 15 is 0 Å². The highest BCUT2D eigenvalue weighted by Crippen LogP contribution is 2.54. The zero-order valence-electron chi connectivity index (χ0n) is 7.90. The maximum Gasteiger partial charge on any atom is 0.147 e. The molecule has 0 aromatic carbocycles. The third-order valence-corrected chi connectivity index (χ3v) is 5.31. The van der Waals surface area contributed by atoms with Gasteiger partial charge in [-0.1, -0.05) is 46.4 Å². The Morgan fingerprint density at radius 3 is 2.00 bits per heavy atom. The lowest BCUT2D eigenvalue weighted by Crippen LogP contribution is -2.45. The molecule has 7 heteroatoms. The van der Waals surface area contributed by atoms with Crippen LogP contribution in [0, 0.1) is 0 Å². The molecule has 1 fully saturated rings. The molecule has 0 spiro atoms. The van der Waals surface area contributed by atoms with Gasteiger partial charge in [0.25, 0.3) is 0 Å². The molecule has 0 amide bonds. The maximum absolute atomic E-state index is 6.39. The average molecular weight is 324 g/mol. The van der Waals surface area contributed by atoms with Crippen molar-refractivity contribution in [3.63, 3.8) is 0 Å². The molecule has 16 heavy (non-hydrogen) atoms. The SMILES string of the molecule is ClC1=C(Cl)C(Cl)(C2COCCO2)C(Cl)=C1Cl. The van der Waals surface area contributed by atoms with Crippen LogP contribution in [0.15, 0.2) is 20.1 Å². The van der Waals surface area contributed by atoms with Crippen LogP contribution in [0.2, 0.25) is 0 Å². The first-order valence-electron chi connectivity index (χ1n) is 4.49. The first-order chi connectivity index (χ1) is 7.49. The molecular weight excluding hydrogens is 317 g/mol. The van der Waals surface area contributed by atoms with E-state index in [9.17, 15) is 0 Å². The zero-order valence-corrected chi connectivity index (χ0v) is 11.7. The molecule has 1 aliphatic carbocycles. The third-order valence-electron chi connectivity index (χ3n) is 2.48. The van der Waals surface area contributed by atoms with Gasteiger partial charge in [-0.05, 0) is 0 Å². The molecular formula is C9H7Cl5O2. The Hall–Kier alpha value is 0.850. The molecule has 0 N–H and O–H groups in total. The summed E-state index contributed by atoms with van der Waals surface area (Å²) in [5.41, 5.74) is 0. The van der Waals surface area contributed by atoms with E-state index in [1.165, 1.54) is 0 Å². The second-order valence-corrected chi connectivity index (χ2v) is 5.51. The Bertz CT molecular complexity index is 346. The van der Waals surface area contributed by atoms with Gasteiger partial charge in [0.2, 0.25) is 0 Å². The van der Waals surface area contributed by atoms with Gasteiger partial charge >= 0.3 is 0 Å². The van der Waals surface area contributed by atoms with E-state index in [4.69, 9.17) is 67.5 Å². The van der Waals surface area contributed by atoms with Crippen LogP contribution in [0.5, 0.6) is 0 Å². The molecule has 1 heterocycles. The topological polar surface area (TPSA) is 18.5 Å². The van der Waals surface area contributed by atoms with Crippen molar-refractivity contribution >= 4 is 58.0 Å². The normalized spacial score (nSPS) is 30.2. The fourth-order valence-electron chi connectivity index (χ4n) is 1.61. The van der Waals surface area contributed by atoms with Crippen molar-refractivity contribution in [3.8, 4) is 0 Å². The standard InChI is InChI=1S/C9H7Cl5O2/c10-5-6(11)8(13)9(14,7(5)12)4-3-15-1-2-16-4/h4H,1-3H2. The second-order valence-electron chi connectivity index (χ2n) is 3.40. The molecule has 0 aromatic heterocycles. The summed E-state index contributed by atoms with van der Waals surface area (Å²) in [6, 6.07) is 0. The van der Waals surface area contributed by atoms with Gasteiger partial charge in [-0.3, -0.25) is 0 Å². The van der Waals surface area contributed by atoms with Crippen molar-refractivity contribution in [2.45, 2.75) is 11.0 Å². The maximum atomic E-state index is 6.39. The van der Waals surface area contributed by atoms with Crippen LogP contribution in [0.3, 0.4) is 0 Å². The van der Waals surface area contributed by atoms with Crippen LogP contribution < -0.4 is 0 Å². The predicted octanol–water partition coefficient (Wildman–Crippen LogP) is 3.77. The van der Waals surface area contributed by atoms with Crippen LogP contribution in [-0.4, -0.2) is 30.8 Å². The Morgan fingerprint density at radius 1 is 1.00 bits per heavy atom. The summed E-state index contributed by atoms with van der Waals surface area (Å²) in [6.45, 7) is 1.25. The van der Waals surface area contributed by atoms with Gasteiger partial charge in [0, 0.05) is 0 Å². The Kier molecular flexibility index (Phi) is 4.03. The molecule has 1 unspecified atom stereocenters. The molecule has 2 nitrogen and oxygen atoms in total. The van der Waals surface area contributed by atoms with E-state index in [0.29, 0.717) is 19.8 Å². The summed E-state index contributed by atoms with van der Waals surface area (Å²) in [4.78, 5) is -1.22. The van der Waals surface area contributed by atoms with E-state index in [1.54, 1.807) is 0 Å². The lowest BCUT2D eigenvalue weighted by Gasteiger charge is -2.34. The zero-order chi connectivity index (χ0) is 11.9. The number of allylic oxidation sites excluding steroid dienone is 2. The summed E-state index contributed by atoms with van der Waals surface area (Å²) < 4.78 is 10.8. The number of hydrogen-bond donors (Lipinski definition) is 0. The predicted molar refractivity (Wildman–Crippen MR) is 66.6 cm³/mol. The molecule has 0 saturated carbocycles. The van der Waals surface area contributed by atoms with Gasteiger partial charge in [0.15, 0.2) is 0 Å². The minimum atomic E-state index is -1.22. The van der Waals surface area contributed by atoms with E-state index in [-0.39, 0.29) is 20.1 Å². The summed E-state index contributed by atoms with van der Waals surface area (Å²) in [5.74, 6) is 0. The molecule has 0 radical (unpaired) electrons. The molecule has 0 bridgehead atoms. The Morgan fingerprint density at radius 2 is 1.56 bits per heavy atom. The fourth-order valence-corrected chi connectivity index (χ4v) is 3.27. The van der Waals surface area contributed by atoms with Gasteiger partial charge in [0.05, 0.1) is 39.9 Å². The summed E-state index contributed by atoms with van der Waals surface area (Å²) in [7, 11) is 0. The van der Waals surface area contributed by atoms with E-state index in [2.05, 4.69) is 0 Å². The van der Waals surface area contributed by atoms with E-state index in [0.717, 1.165) is 0 Å². The van der Waals surface area contributed by atoms with E-state index < -0.39 is 11.0 Å². The monoisotopic (exact) mass is 322 g/mol. The molecule has 1 saturated heterocycles. The van der Waals surface area contributed by atoms with Crippen molar-refractivity contribution in [2.24, 2.45) is 0 Å². The van der Waals surface area contributed by atoms with Crippen molar-refractivity contribution in [3.05, 3.63) is 20.1 Å². The first kappa shape index (κ1) is 13.3. The third kappa shape index (κ3) is 1.89. The number of halogens is 5. The van der Waals surface area contributed by atoms with Gasteiger partial charge in [-0.25, -0.2) is 0 Å². The van der Waals surface area contributed by atoms with Crippen LogP contribution in [0.1, 0.15) is 0 Å². The quantitative estimate of drug-likeness (QED) is 0.684. The number of rotatable bonds is 1. The Balaban J connectivity index is 2.37. The minimum Gasteiger partial charge on any atom is -0.376 e. The molecule has 0 aromatic rings. The molecule has 2 rings (SSSR count). The lowest BCUT2D eigenvalue weighted by atomic mass is 10.0. The summed E-state index contributed by atoms with van der Waals surface area (Å²) in [5, 5.41) is 0.692. The molecule has 1 aliphatic heterocycles. The number of hydrogen-bond acceptors (Lipinski definition) is 2. The van der Waals surface area contributed by atoms with Crippen molar-refractivity contribution in [1.29, 1.82) is 0 Å². The van der Waals surface area contributed by atoms with Gasteiger partial charge in [-0.2, -0.15) is 0 Å². The molecule has 2 aliphatic rings. The first-order valence-corrected chi connectivity index (χ1v) is 6.38. The van der Waals surface area contributed by atoms with Gasteiger partial charge in [-0.15, -0.1) is 11.6 Å². The smallest absolute Gasteiger partial charge is 0.147 e. The highest BCUT2D eigenvalue weighted by atomic mass is 35.5. The van der Waals surface area contributed by atoms with Gasteiger partial charge < -0.3 is 9.47 Å². The van der Waals surface area contributed by atoms with Crippen LogP contribution in [0.4, 0.5) is 0 Å². The molecule has 1 atom stereocenters. The molecule has 90 valence electrons. The number of alkyl halides is 1. The minimum absolute atomic E-state index is 0.164. The fraction of sp³-hybridized carbons (Fsp3) is 0.556. The highest BCUT2D eigenvalue weighted by molar-refractivity contribution is 6.58. The van der Waals surface area contributed by atoms with Crippen molar-refractivity contribution < 1.29 is 9.47 Å². The second kappa shape index (κ2) is 4.85. The van der Waals surface area contributed by atoms with Crippen molar-refractivity contribution in [2.75, 3.05) is 19.8 Å². The van der Waals surface area contributed by atoms with Gasteiger partial charge in [0.1, 0.15) is 11.0 Å². The lowest BCUT2D eigenvalue weighted by molar-refractivity contribution is -0.0934. The highest BCUT2D eigenvalue weighted by Gasteiger charge is 2.51. The number of ether oxygens (including phenoxy) is 2. The summed E-state index contributed by atoms with van der Waals surface area (Å²) in [6.07, 6.45) is -0.493. The van der Waals surface area contributed by atoms with Crippen LogP contribution >= 0.6 is 58.0 Å².